The molecule has 0 spiro atoms. The normalized spacial score (nSPS) is 9.88. The summed E-state index contributed by atoms with van der Waals surface area (Å²) in [4.78, 5) is 33.5. The molecule has 1 heterocycles. The third-order valence-corrected chi connectivity index (χ3v) is 2.09. The molecule has 1 rings (SSSR count). The monoisotopic (exact) mass is 225 g/mol. The second-order valence-electron chi connectivity index (χ2n) is 3.17. The summed E-state index contributed by atoms with van der Waals surface area (Å²) >= 11 is 0. The first kappa shape index (κ1) is 12.0. The van der Waals surface area contributed by atoms with E-state index < -0.39 is 24.0 Å². The SMILES string of the molecule is COC(=O)c1ccc(C)n(CC(=O)O)c1=O. The minimum absolute atomic E-state index is 0.172. The van der Waals surface area contributed by atoms with Crippen LogP contribution >= 0.6 is 0 Å². The number of carboxylic acid groups (broad SMARTS) is 1. The minimum Gasteiger partial charge on any atom is -0.480 e. The Bertz CT molecular complexity index is 488. The number of carbonyl (C=O) groups is 2. The number of carboxylic acids is 1. The number of ether oxygens (including phenoxy) is 1. The van der Waals surface area contributed by atoms with E-state index in [0.717, 1.165) is 11.7 Å². The van der Waals surface area contributed by atoms with E-state index in [4.69, 9.17) is 5.11 Å². The highest BCUT2D eigenvalue weighted by molar-refractivity contribution is 5.88. The van der Waals surface area contributed by atoms with Gasteiger partial charge in [-0.15, -0.1) is 0 Å². The van der Waals surface area contributed by atoms with Gasteiger partial charge in [0.1, 0.15) is 12.1 Å². The fraction of sp³-hybridized carbons (Fsp3) is 0.300. The van der Waals surface area contributed by atoms with Crippen molar-refractivity contribution in [1.82, 2.24) is 4.57 Å². The Balaban J connectivity index is 3.32. The summed E-state index contributed by atoms with van der Waals surface area (Å²) in [5, 5.41) is 8.63. The molecule has 0 aliphatic rings. The van der Waals surface area contributed by atoms with Gasteiger partial charge >= 0.3 is 11.9 Å². The minimum atomic E-state index is -1.15. The number of aromatic nitrogens is 1. The highest BCUT2D eigenvalue weighted by Crippen LogP contribution is 2.00. The van der Waals surface area contributed by atoms with Crippen LogP contribution in [0.5, 0.6) is 0 Å². The van der Waals surface area contributed by atoms with Crippen molar-refractivity contribution in [1.29, 1.82) is 0 Å². The van der Waals surface area contributed by atoms with E-state index in [2.05, 4.69) is 4.74 Å². The van der Waals surface area contributed by atoms with Gasteiger partial charge in [0.05, 0.1) is 7.11 Å². The van der Waals surface area contributed by atoms with Gasteiger partial charge in [-0.3, -0.25) is 9.59 Å². The predicted octanol–water partition coefficient (Wildman–Crippen LogP) is 0.0279. The highest BCUT2D eigenvalue weighted by Gasteiger charge is 2.15. The molecule has 6 heteroatoms. The first-order valence-electron chi connectivity index (χ1n) is 4.48. The molecule has 1 aromatic rings. The van der Waals surface area contributed by atoms with Gasteiger partial charge in [-0.05, 0) is 19.1 Å². The smallest absolute Gasteiger partial charge is 0.343 e. The van der Waals surface area contributed by atoms with Crippen LogP contribution in [0.2, 0.25) is 0 Å². The Hall–Kier alpha value is -2.11. The molecule has 0 bridgehead atoms. The van der Waals surface area contributed by atoms with E-state index in [0.29, 0.717) is 5.69 Å². The number of aryl methyl sites for hydroxylation is 1. The second-order valence-corrected chi connectivity index (χ2v) is 3.17. The van der Waals surface area contributed by atoms with Crippen molar-refractivity contribution in [2.45, 2.75) is 13.5 Å². The van der Waals surface area contributed by atoms with Crippen LogP contribution in [0.25, 0.3) is 0 Å². The Kier molecular flexibility index (Phi) is 3.44. The van der Waals surface area contributed by atoms with Crippen molar-refractivity contribution in [2.24, 2.45) is 0 Å². The van der Waals surface area contributed by atoms with Crippen molar-refractivity contribution in [3.63, 3.8) is 0 Å². The number of pyridine rings is 1. The quantitative estimate of drug-likeness (QED) is 0.733. The van der Waals surface area contributed by atoms with E-state index in [1.54, 1.807) is 6.92 Å². The maximum atomic E-state index is 11.7. The van der Waals surface area contributed by atoms with Gasteiger partial charge < -0.3 is 14.4 Å². The summed E-state index contributed by atoms with van der Waals surface area (Å²) in [7, 11) is 1.16. The summed E-state index contributed by atoms with van der Waals surface area (Å²) in [5.74, 6) is -1.92. The van der Waals surface area contributed by atoms with Crippen molar-refractivity contribution >= 4 is 11.9 Å². The number of hydrogen-bond acceptors (Lipinski definition) is 4. The second kappa shape index (κ2) is 4.61. The summed E-state index contributed by atoms with van der Waals surface area (Å²) in [5.41, 5.74) is -0.358. The van der Waals surface area contributed by atoms with Crippen LogP contribution in [0.3, 0.4) is 0 Å². The van der Waals surface area contributed by atoms with Crippen LogP contribution in [0.15, 0.2) is 16.9 Å². The Morgan fingerprint density at radius 3 is 2.56 bits per heavy atom. The number of esters is 1. The van der Waals surface area contributed by atoms with Crippen LogP contribution in [-0.2, 0) is 16.1 Å². The molecular formula is C10H11NO5. The van der Waals surface area contributed by atoms with Crippen molar-refractivity contribution in [2.75, 3.05) is 7.11 Å². The molecule has 0 aliphatic heterocycles. The van der Waals surface area contributed by atoms with Gasteiger partial charge in [-0.25, -0.2) is 4.79 Å². The van der Waals surface area contributed by atoms with Crippen LogP contribution in [0.4, 0.5) is 0 Å². The van der Waals surface area contributed by atoms with Crippen LogP contribution < -0.4 is 5.56 Å². The third kappa shape index (κ3) is 2.28. The lowest BCUT2D eigenvalue weighted by Gasteiger charge is -2.08. The zero-order valence-corrected chi connectivity index (χ0v) is 8.89. The number of aliphatic carboxylic acids is 1. The van der Waals surface area contributed by atoms with E-state index in [1.807, 2.05) is 0 Å². The number of methoxy groups -OCH3 is 1. The molecule has 1 N–H and O–H groups in total. The molecule has 16 heavy (non-hydrogen) atoms. The molecule has 0 amide bonds. The largest absolute Gasteiger partial charge is 0.480 e. The molecular weight excluding hydrogens is 214 g/mol. The molecule has 0 fully saturated rings. The topological polar surface area (TPSA) is 85.6 Å². The van der Waals surface area contributed by atoms with E-state index in [-0.39, 0.29) is 5.56 Å². The summed E-state index contributed by atoms with van der Waals surface area (Å²) < 4.78 is 5.43. The van der Waals surface area contributed by atoms with Crippen molar-refractivity contribution < 1.29 is 19.4 Å². The third-order valence-electron chi connectivity index (χ3n) is 2.09. The van der Waals surface area contributed by atoms with Crippen LogP contribution in [0.1, 0.15) is 16.1 Å². The molecule has 86 valence electrons. The number of rotatable bonds is 3. The Labute approximate surface area is 91.1 Å². The molecule has 0 unspecified atom stereocenters. The number of hydrogen-bond donors (Lipinski definition) is 1. The number of nitrogens with zero attached hydrogens (tertiary/aromatic N) is 1. The maximum Gasteiger partial charge on any atom is 0.343 e. The fourth-order valence-electron chi connectivity index (χ4n) is 1.27. The van der Waals surface area contributed by atoms with Gasteiger partial charge in [0.25, 0.3) is 5.56 Å². The van der Waals surface area contributed by atoms with Gasteiger partial charge in [-0.2, -0.15) is 0 Å². The Morgan fingerprint density at radius 1 is 1.44 bits per heavy atom. The Morgan fingerprint density at radius 2 is 2.06 bits per heavy atom. The van der Waals surface area contributed by atoms with Crippen molar-refractivity contribution in [3.8, 4) is 0 Å². The molecule has 0 aromatic carbocycles. The molecule has 0 atom stereocenters. The van der Waals surface area contributed by atoms with E-state index >= 15 is 0 Å². The zero-order valence-electron chi connectivity index (χ0n) is 8.89. The predicted molar refractivity (Wildman–Crippen MR) is 54.4 cm³/mol. The first-order chi connectivity index (χ1) is 7.47. The molecule has 0 radical (unpaired) electrons. The molecule has 6 nitrogen and oxygen atoms in total. The lowest BCUT2D eigenvalue weighted by Crippen LogP contribution is -2.30. The van der Waals surface area contributed by atoms with E-state index in [1.165, 1.54) is 12.1 Å². The van der Waals surface area contributed by atoms with Gasteiger partial charge in [0.15, 0.2) is 0 Å². The van der Waals surface area contributed by atoms with Crippen molar-refractivity contribution in [3.05, 3.63) is 33.7 Å². The lowest BCUT2D eigenvalue weighted by molar-refractivity contribution is -0.137. The average molecular weight is 225 g/mol. The zero-order chi connectivity index (χ0) is 12.3. The van der Waals surface area contributed by atoms with Gasteiger partial charge in [-0.1, -0.05) is 0 Å². The number of carbonyl (C=O) groups excluding carboxylic acids is 1. The van der Waals surface area contributed by atoms with Gasteiger partial charge in [0.2, 0.25) is 0 Å². The molecule has 0 saturated carbocycles. The maximum absolute atomic E-state index is 11.7. The summed E-state index contributed by atoms with van der Waals surface area (Å²) in [6, 6.07) is 2.82. The first-order valence-corrected chi connectivity index (χ1v) is 4.48. The summed E-state index contributed by atoms with van der Waals surface area (Å²) in [6.45, 7) is 1.11. The standard InChI is InChI=1S/C10H11NO5/c1-6-3-4-7(10(15)16-2)9(14)11(6)5-8(12)13/h3-4H,5H2,1-2H3,(H,12,13). The molecule has 1 aromatic heterocycles. The van der Waals surface area contributed by atoms with Crippen LogP contribution in [0, 0.1) is 6.92 Å². The average Bonchev–Trinajstić information content (AvgIpc) is 2.23. The fourth-order valence-corrected chi connectivity index (χ4v) is 1.27. The highest BCUT2D eigenvalue weighted by atomic mass is 16.5. The molecule has 0 aliphatic carbocycles. The lowest BCUT2D eigenvalue weighted by atomic mass is 10.2. The summed E-state index contributed by atoms with van der Waals surface area (Å²) in [6.07, 6.45) is 0. The van der Waals surface area contributed by atoms with E-state index in [9.17, 15) is 14.4 Å². The van der Waals surface area contributed by atoms with Gasteiger partial charge in [0, 0.05) is 5.69 Å². The molecule has 0 saturated heterocycles. The van der Waals surface area contributed by atoms with Crippen LogP contribution in [-0.4, -0.2) is 28.7 Å².